The number of aliphatic carboxylic acids is 1. The Kier molecular flexibility index (Phi) is 5.27. The molecule has 0 saturated carbocycles. The van der Waals surface area contributed by atoms with Gasteiger partial charge in [-0.25, -0.2) is 4.79 Å². The van der Waals surface area contributed by atoms with Crippen LogP contribution in [0.3, 0.4) is 0 Å². The van der Waals surface area contributed by atoms with E-state index in [1.165, 1.54) is 4.57 Å². The van der Waals surface area contributed by atoms with Gasteiger partial charge in [-0.05, 0) is 42.7 Å². The first-order valence-corrected chi connectivity index (χ1v) is 10.3. The van der Waals surface area contributed by atoms with Crippen LogP contribution in [-0.2, 0) is 24.9 Å². The van der Waals surface area contributed by atoms with Crippen LogP contribution >= 0.6 is 0 Å². The Morgan fingerprint density at radius 1 is 1.03 bits per heavy atom. The molecule has 0 aliphatic rings. The predicted octanol–water partition coefficient (Wildman–Crippen LogP) is 3.12. The molecule has 4 rings (SSSR count). The van der Waals surface area contributed by atoms with Crippen LogP contribution in [0.15, 0.2) is 58.3 Å². The summed E-state index contributed by atoms with van der Waals surface area (Å²) >= 11 is 0. The van der Waals surface area contributed by atoms with E-state index in [1.807, 2.05) is 49.0 Å². The van der Waals surface area contributed by atoms with E-state index in [4.69, 9.17) is 0 Å². The Morgan fingerprint density at radius 3 is 2.48 bits per heavy atom. The van der Waals surface area contributed by atoms with Crippen molar-refractivity contribution in [2.45, 2.75) is 33.4 Å². The summed E-state index contributed by atoms with van der Waals surface area (Å²) in [6.45, 7) is 3.99. The molecule has 0 saturated heterocycles. The Hall–Kier alpha value is -3.61. The molecule has 0 spiro atoms. The Bertz CT molecular complexity index is 1420. The molecule has 1 N–H and O–H groups in total. The number of fused-ring (bicyclic) bond motifs is 2. The van der Waals surface area contributed by atoms with Gasteiger partial charge >= 0.3 is 11.7 Å². The van der Waals surface area contributed by atoms with Crippen LogP contribution in [0.25, 0.3) is 21.8 Å². The highest BCUT2D eigenvalue weighted by molar-refractivity contribution is 5.87. The van der Waals surface area contributed by atoms with Gasteiger partial charge in [0.2, 0.25) is 0 Å². The average Bonchev–Trinajstić information content (AvgIpc) is 3.07. The highest BCUT2D eigenvalue weighted by Crippen LogP contribution is 2.25. The quantitative estimate of drug-likeness (QED) is 0.520. The van der Waals surface area contributed by atoms with Crippen LogP contribution in [0.1, 0.15) is 24.5 Å². The lowest BCUT2D eigenvalue weighted by Crippen LogP contribution is -2.40. The second kappa shape index (κ2) is 7.91. The average molecular weight is 419 g/mol. The second-order valence-corrected chi connectivity index (χ2v) is 8.10. The van der Waals surface area contributed by atoms with Gasteiger partial charge in [0.05, 0.1) is 23.4 Å². The van der Waals surface area contributed by atoms with Crippen molar-refractivity contribution in [2.75, 3.05) is 0 Å². The van der Waals surface area contributed by atoms with Gasteiger partial charge in [-0.1, -0.05) is 31.2 Å². The van der Waals surface area contributed by atoms with Crippen LogP contribution in [0.4, 0.5) is 0 Å². The van der Waals surface area contributed by atoms with E-state index >= 15 is 0 Å². The van der Waals surface area contributed by atoms with Gasteiger partial charge in [-0.15, -0.1) is 0 Å². The first-order valence-electron chi connectivity index (χ1n) is 10.3. The van der Waals surface area contributed by atoms with Gasteiger partial charge in [0.15, 0.2) is 0 Å². The third-order valence-corrected chi connectivity index (χ3v) is 5.97. The number of carbonyl (C=O) groups is 1. The van der Waals surface area contributed by atoms with E-state index in [9.17, 15) is 19.5 Å². The van der Waals surface area contributed by atoms with Crippen molar-refractivity contribution in [1.82, 2.24) is 13.7 Å². The standard InChI is InChI=1S/C24H25N3O4/c1-15-7-6-10-20-21(15)17(13-25(20)3)14-27-19-9-5-4-8-18(19)22(28)26(24(27)31)12-11-16(2)23(29)30/h4-10,13,16H,11-12,14H2,1-3H3,(H,29,30). The molecule has 0 fully saturated rings. The van der Waals surface area contributed by atoms with Crippen LogP contribution in [0.5, 0.6) is 0 Å². The Labute approximate surface area is 178 Å². The Morgan fingerprint density at radius 2 is 1.74 bits per heavy atom. The van der Waals surface area contributed by atoms with E-state index in [-0.39, 0.29) is 18.5 Å². The maximum Gasteiger partial charge on any atom is 0.331 e. The summed E-state index contributed by atoms with van der Waals surface area (Å²) in [5.74, 6) is -1.59. The van der Waals surface area contributed by atoms with Crippen molar-refractivity contribution in [3.63, 3.8) is 0 Å². The first kappa shape index (κ1) is 20.7. The van der Waals surface area contributed by atoms with Crippen molar-refractivity contribution in [3.8, 4) is 0 Å². The molecule has 2 aromatic carbocycles. The van der Waals surface area contributed by atoms with E-state index in [0.29, 0.717) is 17.4 Å². The molecule has 4 aromatic rings. The van der Waals surface area contributed by atoms with Crippen molar-refractivity contribution in [1.29, 1.82) is 0 Å². The van der Waals surface area contributed by atoms with E-state index in [1.54, 1.807) is 29.7 Å². The fraction of sp³-hybridized carbons (Fsp3) is 0.292. The highest BCUT2D eigenvalue weighted by Gasteiger charge is 2.18. The zero-order valence-corrected chi connectivity index (χ0v) is 17.8. The maximum atomic E-state index is 13.4. The Balaban J connectivity index is 1.89. The minimum atomic E-state index is -0.944. The smallest absolute Gasteiger partial charge is 0.331 e. The van der Waals surface area contributed by atoms with Crippen molar-refractivity contribution < 1.29 is 9.90 Å². The minimum absolute atomic E-state index is 0.0601. The van der Waals surface area contributed by atoms with Gasteiger partial charge in [0.1, 0.15) is 0 Å². The lowest BCUT2D eigenvalue weighted by molar-refractivity contribution is -0.141. The van der Waals surface area contributed by atoms with Crippen LogP contribution in [0.2, 0.25) is 0 Å². The summed E-state index contributed by atoms with van der Waals surface area (Å²) < 4.78 is 4.82. The number of benzene rings is 2. The van der Waals surface area contributed by atoms with Crippen LogP contribution in [-0.4, -0.2) is 24.8 Å². The monoisotopic (exact) mass is 419 g/mol. The molecular weight excluding hydrogens is 394 g/mol. The van der Waals surface area contributed by atoms with Crippen LogP contribution < -0.4 is 11.2 Å². The summed E-state index contributed by atoms with van der Waals surface area (Å²) in [7, 11) is 1.97. The number of carboxylic acid groups (broad SMARTS) is 1. The molecule has 0 amide bonds. The summed E-state index contributed by atoms with van der Waals surface area (Å²) in [5.41, 5.74) is 2.96. The molecule has 0 aliphatic heterocycles. The molecule has 2 aromatic heterocycles. The molecule has 0 aliphatic carbocycles. The molecule has 7 nitrogen and oxygen atoms in total. The lowest BCUT2D eigenvalue weighted by atomic mass is 10.1. The molecule has 2 heterocycles. The zero-order chi connectivity index (χ0) is 22.3. The molecular formula is C24H25N3O4. The molecule has 160 valence electrons. The summed E-state index contributed by atoms with van der Waals surface area (Å²) in [4.78, 5) is 37.6. The van der Waals surface area contributed by atoms with Gasteiger partial charge in [-0.2, -0.15) is 0 Å². The fourth-order valence-corrected chi connectivity index (χ4v) is 4.19. The van der Waals surface area contributed by atoms with E-state index in [2.05, 4.69) is 0 Å². The predicted molar refractivity (Wildman–Crippen MR) is 121 cm³/mol. The lowest BCUT2D eigenvalue weighted by Gasteiger charge is -2.15. The molecule has 0 bridgehead atoms. The molecule has 1 unspecified atom stereocenters. The van der Waals surface area contributed by atoms with Gasteiger partial charge in [0, 0.05) is 30.7 Å². The number of rotatable bonds is 6. The van der Waals surface area contributed by atoms with Crippen LogP contribution in [0, 0.1) is 12.8 Å². The van der Waals surface area contributed by atoms with Crippen molar-refractivity contribution in [2.24, 2.45) is 13.0 Å². The maximum absolute atomic E-state index is 13.4. The fourth-order valence-electron chi connectivity index (χ4n) is 4.19. The number of aromatic nitrogens is 3. The zero-order valence-electron chi connectivity index (χ0n) is 17.8. The number of hydrogen-bond acceptors (Lipinski definition) is 3. The van der Waals surface area contributed by atoms with Crippen molar-refractivity contribution >= 4 is 27.8 Å². The summed E-state index contributed by atoms with van der Waals surface area (Å²) in [6, 6.07) is 13.2. The summed E-state index contributed by atoms with van der Waals surface area (Å²) in [5, 5.41) is 10.7. The number of hydrogen-bond donors (Lipinski definition) is 1. The SMILES string of the molecule is Cc1cccc2c1c(Cn1c(=O)n(CCC(C)C(=O)O)c(=O)c3ccccc31)cn2C. The third-order valence-electron chi connectivity index (χ3n) is 5.97. The first-order chi connectivity index (χ1) is 14.8. The number of carboxylic acids is 1. The number of nitrogens with zero attached hydrogens (tertiary/aromatic N) is 3. The molecule has 0 radical (unpaired) electrons. The van der Waals surface area contributed by atoms with Gasteiger partial charge in [-0.3, -0.25) is 18.7 Å². The second-order valence-electron chi connectivity index (χ2n) is 8.10. The highest BCUT2D eigenvalue weighted by atomic mass is 16.4. The largest absolute Gasteiger partial charge is 0.481 e. The summed E-state index contributed by atoms with van der Waals surface area (Å²) in [6.07, 6.45) is 2.22. The number of aryl methyl sites for hydroxylation is 2. The third kappa shape index (κ3) is 3.56. The molecule has 1 atom stereocenters. The van der Waals surface area contributed by atoms with Crippen molar-refractivity contribution in [3.05, 3.63) is 80.6 Å². The topological polar surface area (TPSA) is 86.2 Å². The van der Waals surface area contributed by atoms with E-state index < -0.39 is 17.6 Å². The van der Waals surface area contributed by atoms with Gasteiger partial charge < -0.3 is 9.67 Å². The van der Waals surface area contributed by atoms with Gasteiger partial charge in [0.25, 0.3) is 5.56 Å². The molecule has 31 heavy (non-hydrogen) atoms. The minimum Gasteiger partial charge on any atom is -0.481 e. The number of para-hydroxylation sites is 1. The molecule has 7 heteroatoms. The normalized spacial score (nSPS) is 12.5. The van der Waals surface area contributed by atoms with E-state index in [0.717, 1.165) is 22.0 Å².